The Morgan fingerprint density at radius 2 is 1.77 bits per heavy atom. The van der Waals surface area contributed by atoms with Crippen molar-refractivity contribution in [3.05, 3.63) is 64.5 Å². The van der Waals surface area contributed by atoms with Crippen LogP contribution in [-0.2, 0) is 21.5 Å². The molecule has 0 spiro atoms. The third kappa shape index (κ3) is 6.81. The van der Waals surface area contributed by atoms with Crippen LogP contribution in [0.4, 0.5) is 18.9 Å². The van der Waals surface area contributed by atoms with Crippen LogP contribution < -0.4 is 10.0 Å². The summed E-state index contributed by atoms with van der Waals surface area (Å²) < 4.78 is 65.4. The van der Waals surface area contributed by atoms with Gasteiger partial charge in [-0.3, -0.25) is 14.5 Å². The lowest BCUT2D eigenvalue weighted by Gasteiger charge is -2.15. The van der Waals surface area contributed by atoms with E-state index in [-0.39, 0.29) is 11.5 Å². The molecule has 0 bridgehead atoms. The maximum atomic E-state index is 14.2. The molecule has 6 nitrogen and oxygen atoms in total. The van der Waals surface area contributed by atoms with Crippen LogP contribution in [0.2, 0.25) is 0 Å². The summed E-state index contributed by atoms with van der Waals surface area (Å²) >= 11 is 0. The Morgan fingerprint density at radius 1 is 1.16 bits per heavy atom. The minimum absolute atomic E-state index is 0.0122. The van der Waals surface area contributed by atoms with Gasteiger partial charge in [0.2, 0.25) is 15.9 Å². The van der Waals surface area contributed by atoms with Gasteiger partial charge in [0.1, 0.15) is 12.4 Å². The number of alkyl halides is 1. The number of nitrogens with zero attached hydrogens (tertiary/aromatic N) is 1. The summed E-state index contributed by atoms with van der Waals surface area (Å²) in [6.07, 6.45) is 3.56. The van der Waals surface area contributed by atoms with Crippen LogP contribution >= 0.6 is 0 Å². The number of amides is 1. The average molecular weight is 456 g/mol. The van der Waals surface area contributed by atoms with E-state index in [4.69, 9.17) is 0 Å². The number of rotatable bonds is 8. The van der Waals surface area contributed by atoms with Crippen molar-refractivity contribution >= 4 is 27.7 Å². The molecule has 0 unspecified atom stereocenters. The highest BCUT2D eigenvalue weighted by molar-refractivity contribution is 7.92. The van der Waals surface area contributed by atoms with Crippen LogP contribution in [0.3, 0.4) is 0 Å². The molecule has 168 valence electrons. The molecule has 1 aromatic heterocycles. The maximum absolute atomic E-state index is 14.2. The molecule has 1 atom stereocenters. The van der Waals surface area contributed by atoms with Gasteiger partial charge in [0.25, 0.3) is 0 Å². The van der Waals surface area contributed by atoms with E-state index in [1.165, 1.54) is 25.1 Å². The SMILES string of the molecule is CC(C)c1nc(CF)ccc1/C=C/C(=O)N[C@H](C)c1cc(F)c(NS(C)(=O)=O)c(F)c1. The molecule has 0 saturated heterocycles. The fourth-order valence-electron chi connectivity index (χ4n) is 2.84. The lowest BCUT2D eigenvalue weighted by molar-refractivity contribution is -0.117. The Kier molecular flexibility index (Phi) is 7.83. The third-order valence-electron chi connectivity index (χ3n) is 4.32. The molecule has 1 aromatic carbocycles. The van der Waals surface area contributed by atoms with Crippen LogP contribution in [0, 0.1) is 11.6 Å². The number of halogens is 3. The molecule has 2 rings (SSSR count). The van der Waals surface area contributed by atoms with Crippen molar-refractivity contribution in [2.24, 2.45) is 0 Å². The number of carbonyl (C=O) groups is 1. The number of nitrogens with one attached hydrogen (secondary N) is 2. The number of pyridine rings is 1. The Morgan fingerprint density at radius 3 is 2.29 bits per heavy atom. The highest BCUT2D eigenvalue weighted by Gasteiger charge is 2.18. The Labute approximate surface area is 179 Å². The molecule has 0 radical (unpaired) electrons. The van der Waals surface area contributed by atoms with Gasteiger partial charge in [0.05, 0.1) is 23.7 Å². The molecule has 0 aliphatic heterocycles. The Bertz CT molecular complexity index is 1080. The molecule has 10 heteroatoms. The summed E-state index contributed by atoms with van der Waals surface area (Å²) in [7, 11) is -3.86. The first-order chi connectivity index (χ1) is 14.4. The summed E-state index contributed by atoms with van der Waals surface area (Å²) in [6, 6.07) is 4.33. The molecular weight excluding hydrogens is 431 g/mol. The highest BCUT2D eigenvalue weighted by Crippen LogP contribution is 2.25. The van der Waals surface area contributed by atoms with E-state index in [0.717, 1.165) is 18.4 Å². The van der Waals surface area contributed by atoms with Gasteiger partial charge in [-0.05, 0) is 48.2 Å². The quantitative estimate of drug-likeness (QED) is 0.584. The predicted molar refractivity (Wildman–Crippen MR) is 114 cm³/mol. The van der Waals surface area contributed by atoms with Crippen molar-refractivity contribution in [1.82, 2.24) is 10.3 Å². The van der Waals surface area contributed by atoms with E-state index >= 15 is 0 Å². The summed E-state index contributed by atoms with van der Waals surface area (Å²) in [5.41, 5.74) is 0.938. The maximum Gasteiger partial charge on any atom is 0.244 e. The Balaban J connectivity index is 2.16. The van der Waals surface area contributed by atoms with Crippen molar-refractivity contribution in [3.63, 3.8) is 0 Å². The predicted octanol–water partition coefficient (Wildman–Crippen LogP) is 4.21. The van der Waals surface area contributed by atoms with Gasteiger partial charge in [-0.25, -0.2) is 21.6 Å². The molecule has 0 fully saturated rings. The number of hydrogen-bond acceptors (Lipinski definition) is 4. The second-order valence-electron chi connectivity index (χ2n) is 7.36. The molecule has 2 aromatic rings. The van der Waals surface area contributed by atoms with Gasteiger partial charge in [-0.15, -0.1) is 0 Å². The standard InChI is InChI=1S/C21H24F3N3O3S/c1-12(2)20-14(5-7-16(11-22)26-20)6-8-19(28)25-13(3)15-9-17(23)21(18(24)10-15)27-31(4,29)30/h5-10,12-13,27H,11H2,1-4H3,(H,25,28)/b8-6+/t13-/m1/s1. The fourth-order valence-corrected chi connectivity index (χ4v) is 3.41. The van der Waals surface area contributed by atoms with Gasteiger partial charge in [-0.2, -0.15) is 0 Å². The third-order valence-corrected chi connectivity index (χ3v) is 4.90. The fraction of sp³-hybridized carbons (Fsp3) is 0.333. The zero-order chi connectivity index (χ0) is 23.3. The molecule has 2 N–H and O–H groups in total. The van der Waals surface area contributed by atoms with E-state index in [2.05, 4.69) is 10.3 Å². The van der Waals surface area contributed by atoms with Crippen molar-refractivity contribution in [2.45, 2.75) is 39.4 Å². The topological polar surface area (TPSA) is 88.2 Å². The molecule has 1 amide bonds. The van der Waals surface area contributed by atoms with Gasteiger partial charge < -0.3 is 5.32 Å². The van der Waals surface area contributed by atoms with Crippen molar-refractivity contribution < 1.29 is 26.4 Å². The average Bonchev–Trinajstić information content (AvgIpc) is 2.68. The minimum atomic E-state index is -3.86. The van der Waals surface area contributed by atoms with E-state index < -0.39 is 46.0 Å². The first kappa shape index (κ1) is 24.4. The molecule has 1 heterocycles. The minimum Gasteiger partial charge on any atom is -0.346 e. The molecule has 0 saturated carbocycles. The van der Waals surface area contributed by atoms with Crippen molar-refractivity contribution in [3.8, 4) is 0 Å². The number of sulfonamides is 1. The second-order valence-corrected chi connectivity index (χ2v) is 9.11. The zero-order valence-corrected chi connectivity index (χ0v) is 18.4. The van der Waals surface area contributed by atoms with Crippen molar-refractivity contribution in [2.75, 3.05) is 11.0 Å². The lowest BCUT2D eigenvalue weighted by atomic mass is 10.0. The number of carbonyl (C=O) groups excluding carboxylic acids is 1. The largest absolute Gasteiger partial charge is 0.346 e. The van der Waals surface area contributed by atoms with E-state index in [9.17, 15) is 26.4 Å². The number of hydrogen-bond donors (Lipinski definition) is 2. The van der Waals surface area contributed by atoms with Crippen LogP contribution in [0.15, 0.2) is 30.3 Å². The number of anilines is 1. The van der Waals surface area contributed by atoms with Crippen LogP contribution in [-0.4, -0.2) is 25.6 Å². The summed E-state index contributed by atoms with van der Waals surface area (Å²) in [6.45, 7) is 4.64. The van der Waals surface area contributed by atoms with Gasteiger partial charge >= 0.3 is 0 Å². The highest BCUT2D eigenvalue weighted by atomic mass is 32.2. The lowest BCUT2D eigenvalue weighted by Crippen LogP contribution is -2.25. The smallest absolute Gasteiger partial charge is 0.244 e. The number of aromatic nitrogens is 1. The summed E-state index contributed by atoms with van der Waals surface area (Å²) in [5.74, 6) is -2.70. The summed E-state index contributed by atoms with van der Waals surface area (Å²) in [5, 5.41) is 2.58. The van der Waals surface area contributed by atoms with E-state index in [1.807, 2.05) is 13.8 Å². The van der Waals surface area contributed by atoms with E-state index in [1.54, 1.807) is 10.8 Å². The molecule has 31 heavy (non-hydrogen) atoms. The van der Waals surface area contributed by atoms with Crippen LogP contribution in [0.25, 0.3) is 6.08 Å². The summed E-state index contributed by atoms with van der Waals surface area (Å²) in [4.78, 5) is 16.5. The van der Waals surface area contributed by atoms with Gasteiger partial charge in [-0.1, -0.05) is 19.9 Å². The normalized spacial score (nSPS) is 12.9. The first-order valence-electron chi connectivity index (χ1n) is 9.42. The molecule has 0 aliphatic rings. The zero-order valence-electron chi connectivity index (χ0n) is 17.5. The first-order valence-corrected chi connectivity index (χ1v) is 11.3. The number of benzene rings is 1. The molecule has 0 aliphatic carbocycles. The van der Waals surface area contributed by atoms with Gasteiger partial charge in [0.15, 0.2) is 11.6 Å². The monoisotopic (exact) mass is 455 g/mol. The van der Waals surface area contributed by atoms with Crippen LogP contribution in [0.5, 0.6) is 0 Å². The second kappa shape index (κ2) is 9.95. The van der Waals surface area contributed by atoms with E-state index in [0.29, 0.717) is 17.0 Å². The van der Waals surface area contributed by atoms with Gasteiger partial charge in [0, 0.05) is 6.08 Å². The van der Waals surface area contributed by atoms with Crippen LogP contribution in [0.1, 0.15) is 55.2 Å². The molecular formula is C21H24F3N3O3S. The Hall–Kier alpha value is -2.88. The van der Waals surface area contributed by atoms with Crippen molar-refractivity contribution in [1.29, 1.82) is 0 Å².